The first-order chi connectivity index (χ1) is 10.1. The number of hydrogen-bond acceptors (Lipinski definition) is 3. The van der Waals surface area contributed by atoms with Crippen LogP contribution < -0.4 is 5.32 Å². The molecule has 0 saturated carbocycles. The van der Waals surface area contributed by atoms with E-state index in [1.807, 2.05) is 30.3 Å². The van der Waals surface area contributed by atoms with Gasteiger partial charge in [-0.05, 0) is 18.6 Å². The molecule has 0 aliphatic rings. The second-order valence-electron chi connectivity index (χ2n) is 4.63. The van der Waals surface area contributed by atoms with E-state index in [1.54, 1.807) is 6.92 Å². The van der Waals surface area contributed by atoms with Crippen LogP contribution in [0.2, 0.25) is 0 Å². The number of ether oxygens (including phenoxy) is 1. The summed E-state index contributed by atoms with van der Waals surface area (Å²) in [5.41, 5.74) is 1.15. The summed E-state index contributed by atoms with van der Waals surface area (Å²) in [6, 6.07) is 12.5. The van der Waals surface area contributed by atoms with Crippen LogP contribution in [0.3, 0.4) is 0 Å². The lowest BCUT2D eigenvalue weighted by atomic mass is 10.1. The van der Waals surface area contributed by atoms with E-state index in [0.717, 1.165) is 11.6 Å². The van der Waals surface area contributed by atoms with E-state index in [4.69, 9.17) is 9.84 Å². The number of hydrogen-bond donors (Lipinski definition) is 2. The second kappa shape index (κ2) is 6.74. The van der Waals surface area contributed by atoms with Crippen molar-refractivity contribution in [3.8, 4) is 5.75 Å². The van der Waals surface area contributed by atoms with Gasteiger partial charge in [0, 0.05) is 11.6 Å². The van der Waals surface area contributed by atoms with Crippen LogP contribution in [0.4, 0.5) is 9.18 Å². The Labute approximate surface area is 122 Å². The Kier molecular flexibility index (Phi) is 4.77. The van der Waals surface area contributed by atoms with E-state index < -0.39 is 18.0 Å². The Morgan fingerprint density at radius 3 is 2.67 bits per heavy atom. The molecule has 0 spiro atoms. The molecule has 0 bridgehead atoms. The lowest BCUT2D eigenvalue weighted by Crippen LogP contribution is -2.27. The van der Waals surface area contributed by atoms with Crippen molar-refractivity contribution in [2.75, 3.05) is 0 Å². The van der Waals surface area contributed by atoms with Crippen molar-refractivity contribution in [2.24, 2.45) is 0 Å². The lowest BCUT2D eigenvalue weighted by Gasteiger charge is -2.15. The van der Waals surface area contributed by atoms with Crippen molar-refractivity contribution >= 4 is 6.09 Å². The molecule has 2 aromatic carbocycles. The summed E-state index contributed by atoms with van der Waals surface area (Å²) in [5, 5.41) is 11.7. The topological polar surface area (TPSA) is 58.6 Å². The van der Waals surface area contributed by atoms with E-state index in [0.29, 0.717) is 0 Å². The van der Waals surface area contributed by atoms with Crippen LogP contribution in [0.25, 0.3) is 0 Å². The van der Waals surface area contributed by atoms with Gasteiger partial charge in [-0.2, -0.15) is 0 Å². The quantitative estimate of drug-likeness (QED) is 0.905. The highest BCUT2D eigenvalue weighted by molar-refractivity contribution is 5.67. The van der Waals surface area contributed by atoms with Crippen LogP contribution >= 0.6 is 0 Å². The monoisotopic (exact) mass is 289 g/mol. The summed E-state index contributed by atoms with van der Waals surface area (Å²) in [7, 11) is 0. The third-order valence-electron chi connectivity index (χ3n) is 3.00. The molecule has 0 heterocycles. The summed E-state index contributed by atoms with van der Waals surface area (Å²) >= 11 is 0. The van der Waals surface area contributed by atoms with Crippen molar-refractivity contribution < 1.29 is 19.0 Å². The first-order valence-electron chi connectivity index (χ1n) is 6.52. The molecule has 0 fully saturated rings. The maximum atomic E-state index is 13.6. The second-order valence-corrected chi connectivity index (χ2v) is 4.63. The van der Waals surface area contributed by atoms with Gasteiger partial charge < -0.3 is 15.2 Å². The molecule has 1 amide bonds. The van der Waals surface area contributed by atoms with Crippen LogP contribution in [0.1, 0.15) is 24.1 Å². The Morgan fingerprint density at radius 2 is 2.00 bits per heavy atom. The predicted octanol–water partition coefficient (Wildman–Crippen LogP) is 3.52. The largest absolute Gasteiger partial charge is 0.508 e. The van der Waals surface area contributed by atoms with Crippen LogP contribution in [-0.4, -0.2) is 11.2 Å². The van der Waals surface area contributed by atoms with Crippen molar-refractivity contribution in [2.45, 2.75) is 19.6 Å². The van der Waals surface area contributed by atoms with Gasteiger partial charge in [0.05, 0.1) is 6.04 Å². The number of halogens is 1. The first-order valence-corrected chi connectivity index (χ1v) is 6.52. The molecule has 0 unspecified atom stereocenters. The average molecular weight is 289 g/mol. The van der Waals surface area contributed by atoms with Gasteiger partial charge >= 0.3 is 6.09 Å². The fraction of sp³-hybridized carbons (Fsp3) is 0.188. The zero-order valence-electron chi connectivity index (χ0n) is 11.5. The molecule has 0 aliphatic heterocycles. The van der Waals surface area contributed by atoms with E-state index in [-0.39, 0.29) is 17.9 Å². The molecular weight excluding hydrogens is 273 g/mol. The minimum Gasteiger partial charge on any atom is -0.508 e. The summed E-state index contributed by atoms with van der Waals surface area (Å²) < 4.78 is 18.7. The van der Waals surface area contributed by atoms with E-state index in [2.05, 4.69) is 5.32 Å². The van der Waals surface area contributed by atoms with Crippen molar-refractivity contribution in [1.29, 1.82) is 0 Å². The Bertz CT molecular complexity index is 616. The Hall–Kier alpha value is -2.56. The molecule has 21 heavy (non-hydrogen) atoms. The predicted molar refractivity (Wildman–Crippen MR) is 76.2 cm³/mol. The van der Waals surface area contributed by atoms with Crippen LogP contribution in [0.5, 0.6) is 5.75 Å². The molecule has 0 aliphatic carbocycles. The molecule has 1 atom stereocenters. The smallest absolute Gasteiger partial charge is 0.407 e. The van der Waals surface area contributed by atoms with Gasteiger partial charge in [0.2, 0.25) is 0 Å². The zero-order chi connectivity index (χ0) is 15.2. The number of phenols is 1. The Morgan fingerprint density at radius 1 is 1.29 bits per heavy atom. The van der Waals surface area contributed by atoms with E-state index in [9.17, 15) is 9.18 Å². The normalized spacial score (nSPS) is 11.7. The number of aromatic hydroxyl groups is 1. The van der Waals surface area contributed by atoms with Gasteiger partial charge in [0.1, 0.15) is 18.2 Å². The maximum Gasteiger partial charge on any atom is 0.407 e. The number of phenolic OH excluding ortho intramolecular Hbond substituents is 1. The van der Waals surface area contributed by atoms with Gasteiger partial charge in [-0.1, -0.05) is 36.4 Å². The maximum absolute atomic E-state index is 13.6. The highest BCUT2D eigenvalue weighted by atomic mass is 19.1. The average Bonchev–Trinajstić information content (AvgIpc) is 2.46. The molecule has 0 radical (unpaired) electrons. The first kappa shape index (κ1) is 14.8. The molecule has 5 heteroatoms. The molecule has 2 rings (SSSR count). The molecule has 2 aromatic rings. The van der Waals surface area contributed by atoms with Gasteiger partial charge in [-0.3, -0.25) is 0 Å². The highest BCUT2D eigenvalue weighted by Crippen LogP contribution is 2.21. The van der Waals surface area contributed by atoms with E-state index >= 15 is 0 Å². The number of alkyl carbamates (subject to hydrolysis) is 1. The number of benzene rings is 2. The summed E-state index contributed by atoms with van der Waals surface area (Å²) in [5.74, 6) is -0.735. The van der Waals surface area contributed by atoms with Gasteiger partial charge in [0.25, 0.3) is 0 Å². The zero-order valence-corrected chi connectivity index (χ0v) is 11.5. The summed E-state index contributed by atoms with van der Waals surface area (Å²) in [6.07, 6.45) is -0.626. The molecule has 2 N–H and O–H groups in total. The molecule has 0 saturated heterocycles. The highest BCUT2D eigenvalue weighted by Gasteiger charge is 2.14. The molecular formula is C16H16FNO3. The van der Waals surface area contributed by atoms with E-state index in [1.165, 1.54) is 12.1 Å². The number of rotatable bonds is 4. The SMILES string of the molecule is C[C@H](NC(=O)OCc1ccccc1)c1ccc(O)cc1F. The fourth-order valence-corrected chi connectivity index (χ4v) is 1.89. The molecule has 0 aromatic heterocycles. The van der Waals surface area contributed by atoms with Crippen LogP contribution in [0.15, 0.2) is 48.5 Å². The Balaban J connectivity index is 1.90. The van der Waals surface area contributed by atoms with Crippen LogP contribution in [-0.2, 0) is 11.3 Å². The molecule has 4 nitrogen and oxygen atoms in total. The van der Waals surface area contributed by atoms with Gasteiger partial charge in [0.15, 0.2) is 0 Å². The third kappa shape index (κ3) is 4.21. The number of amides is 1. The fourth-order valence-electron chi connectivity index (χ4n) is 1.89. The lowest BCUT2D eigenvalue weighted by molar-refractivity contribution is 0.136. The summed E-state index contributed by atoms with van der Waals surface area (Å²) in [4.78, 5) is 11.7. The van der Waals surface area contributed by atoms with Crippen LogP contribution in [0, 0.1) is 5.82 Å². The number of nitrogens with one attached hydrogen (secondary N) is 1. The standard InChI is InChI=1S/C16H16FNO3/c1-11(14-8-7-13(19)9-15(14)17)18-16(20)21-10-12-5-3-2-4-6-12/h2-9,11,19H,10H2,1H3,(H,18,20)/t11-/m0/s1. The van der Waals surface area contributed by atoms with Gasteiger partial charge in [-0.25, -0.2) is 9.18 Å². The van der Waals surface area contributed by atoms with Crippen molar-refractivity contribution in [3.63, 3.8) is 0 Å². The summed E-state index contributed by atoms with van der Waals surface area (Å²) in [6.45, 7) is 1.79. The van der Waals surface area contributed by atoms with Crippen molar-refractivity contribution in [3.05, 3.63) is 65.5 Å². The molecule has 110 valence electrons. The number of carbonyl (C=O) groups is 1. The third-order valence-corrected chi connectivity index (χ3v) is 3.00. The minimum atomic E-state index is -0.626. The number of carbonyl (C=O) groups excluding carboxylic acids is 1. The van der Waals surface area contributed by atoms with Gasteiger partial charge in [-0.15, -0.1) is 0 Å². The minimum absolute atomic E-state index is 0.150. The van der Waals surface area contributed by atoms with Crippen molar-refractivity contribution in [1.82, 2.24) is 5.32 Å².